The lowest BCUT2D eigenvalue weighted by Crippen LogP contribution is -2.43. The number of rotatable bonds is 5. The fourth-order valence-corrected chi connectivity index (χ4v) is 6.83. The average Bonchev–Trinajstić information content (AvgIpc) is 3.38. The molecule has 2 aliphatic rings. The number of sulfone groups is 1. The van der Waals surface area contributed by atoms with E-state index < -0.39 is 9.84 Å². The van der Waals surface area contributed by atoms with E-state index in [0.717, 1.165) is 18.0 Å². The fraction of sp³-hybridized carbons (Fsp3) is 0.250. The summed E-state index contributed by atoms with van der Waals surface area (Å²) in [6.45, 7) is 3.22. The van der Waals surface area contributed by atoms with Gasteiger partial charge in [-0.2, -0.15) is 0 Å². The molecular weight excluding hydrogens is 460 g/mol. The number of carbonyl (C=O) groups excluding carboxylic acids is 2. The molecule has 33 heavy (non-hydrogen) atoms. The zero-order valence-electron chi connectivity index (χ0n) is 17.7. The first-order valence-electron chi connectivity index (χ1n) is 10.6. The smallest absolute Gasteiger partial charge is 0.251 e. The maximum Gasteiger partial charge on any atom is 0.251 e. The van der Waals surface area contributed by atoms with Crippen molar-refractivity contribution in [3.63, 3.8) is 0 Å². The Labute approximate surface area is 195 Å². The molecule has 3 aromatic rings. The van der Waals surface area contributed by atoms with Gasteiger partial charge in [-0.3, -0.25) is 14.5 Å². The molecule has 170 valence electrons. The maximum atomic E-state index is 13.1. The van der Waals surface area contributed by atoms with E-state index in [0.29, 0.717) is 19.8 Å². The number of fused-ring (bicyclic) bond motifs is 2. The number of amides is 1. The molecule has 2 aromatic carbocycles. The van der Waals surface area contributed by atoms with Gasteiger partial charge in [0.05, 0.1) is 29.0 Å². The molecule has 0 radical (unpaired) electrons. The van der Waals surface area contributed by atoms with Crippen molar-refractivity contribution in [2.24, 2.45) is 0 Å². The standard InChI is InChI=1S/C24H22N2O5S2/c27-23-17-4-1-2-6-21(17)33(29,30)22-14-16(7-8-18(22)23)24(28)25-15-19(20-5-3-13-32-20)26-9-11-31-12-10-26/h1-8,13-14,19H,9-12,15H2,(H,25,28). The molecule has 1 saturated heterocycles. The van der Waals surface area contributed by atoms with Gasteiger partial charge in [-0.25, -0.2) is 8.42 Å². The van der Waals surface area contributed by atoms with Crippen LogP contribution in [0, 0.1) is 0 Å². The van der Waals surface area contributed by atoms with Gasteiger partial charge in [0.1, 0.15) is 0 Å². The summed E-state index contributed by atoms with van der Waals surface area (Å²) in [5, 5.41) is 4.96. The van der Waals surface area contributed by atoms with Gasteiger partial charge in [0.25, 0.3) is 5.91 Å². The molecule has 0 bridgehead atoms. The zero-order valence-corrected chi connectivity index (χ0v) is 19.3. The van der Waals surface area contributed by atoms with Crippen molar-refractivity contribution in [2.45, 2.75) is 15.8 Å². The van der Waals surface area contributed by atoms with Gasteiger partial charge >= 0.3 is 0 Å². The van der Waals surface area contributed by atoms with Gasteiger partial charge in [0.2, 0.25) is 9.84 Å². The van der Waals surface area contributed by atoms with E-state index in [1.807, 2.05) is 17.5 Å². The molecule has 1 unspecified atom stereocenters. The maximum absolute atomic E-state index is 13.1. The number of hydrogen-bond acceptors (Lipinski definition) is 7. The highest BCUT2D eigenvalue weighted by molar-refractivity contribution is 7.91. The first-order chi connectivity index (χ1) is 16.0. The number of nitrogens with one attached hydrogen (secondary N) is 1. The summed E-state index contributed by atoms with van der Waals surface area (Å²) in [7, 11) is -3.90. The molecule has 3 heterocycles. The third-order valence-corrected chi connectivity index (χ3v) is 8.84. The van der Waals surface area contributed by atoms with Crippen LogP contribution in [0.4, 0.5) is 0 Å². The quantitative estimate of drug-likeness (QED) is 0.470. The number of nitrogens with zero attached hydrogens (tertiary/aromatic N) is 1. The molecule has 2 aliphatic heterocycles. The van der Waals surface area contributed by atoms with E-state index in [4.69, 9.17) is 4.74 Å². The van der Waals surface area contributed by atoms with Crippen LogP contribution in [0.5, 0.6) is 0 Å². The molecule has 1 aromatic heterocycles. The van der Waals surface area contributed by atoms with Crippen molar-refractivity contribution in [2.75, 3.05) is 32.8 Å². The Kier molecular flexibility index (Phi) is 5.88. The highest BCUT2D eigenvalue weighted by atomic mass is 32.2. The van der Waals surface area contributed by atoms with Crippen LogP contribution in [0.3, 0.4) is 0 Å². The Morgan fingerprint density at radius 1 is 1.03 bits per heavy atom. The molecule has 0 saturated carbocycles. The van der Waals surface area contributed by atoms with Gasteiger partial charge in [-0.1, -0.05) is 18.2 Å². The van der Waals surface area contributed by atoms with Crippen molar-refractivity contribution >= 4 is 32.9 Å². The van der Waals surface area contributed by atoms with E-state index in [2.05, 4.69) is 10.2 Å². The lowest BCUT2D eigenvalue weighted by molar-refractivity contribution is 0.0169. The second-order valence-corrected chi connectivity index (χ2v) is 10.8. The molecule has 1 N–H and O–H groups in total. The normalized spacial score (nSPS) is 18.2. The van der Waals surface area contributed by atoms with Crippen LogP contribution < -0.4 is 5.32 Å². The van der Waals surface area contributed by atoms with E-state index in [1.54, 1.807) is 23.5 Å². The predicted molar refractivity (Wildman–Crippen MR) is 124 cm³/mol. The van der Waals surface area contributed by atoms with Crippen LogP contribution in [0.25, 0.3) is 0 Å². The minimum Gasteiger partial charge on any atom is -0.379 e. The topological polar surface area (TPSA) is 92.8 Å². The van der Waals surface area contributed by atoms with Crippen LogP contribution in [0.1, 0.15) is 37.2 Å². The Morgan fingerprint density at radius 3 is 2.55 bits per heavy atom. The van der Waals surface area contributed by atoms with Gasteiger partial charge in [0, 0.05) is 41.2 Å². The van der Waals surface area contributed by atoms with Crippen molar-refractivity contribution in [1.29, 1.82) is 0 Å². The lowest BCUT2D eigenvalue weighted by atomic mass is 10.0. The van der Waals surface area contributed by atoms with Crippen molar-refractivity contribution in [3.8, 4) is 0 Å². The zero-order chi connectivity index (χ0) is 23.0. The van der Waals surface area contributed by atoms with Crippen LogP contribution in [-0.4, -0.2) is 57.9 Å². The number of carbonyl (C=O) groups is 2. The predicted octanol–water partition coefficient (Wildman–Crippen LogP) is 2.93. The number of benzene rings is 2. The minimum atomic E-state index is -3.90. The molecule has 1 atom stereocenters. The van der Waals surface area contributed by atoms with E-state index >= 15 is 0 Å². The van der Waals surface area contributed by atoms with Crippen LogP contribution >= 0.6 is 11.3 Å². The van der Waals surface area contributed by atoms with Crippen molar-refractivity contribution < 1.29 is 22.7 Å². The number of ether oxygens (including phenoxy) is 1. The Morgan fingerprint density at radius 2 is 1.79 bits per heavy atom. The summed E-state index contributed by atoms with van der Waals surface area (Å²) >= 11 is 1.63. The highest BCUT2D eigenvalue weighted by Gasteiger charge is 2.35. The van der Waals surface area contributed by atoms with E-state index in [9.17, 15) is 18.0 Å². The summed E-state index contributed by atoms with van der Waals surface area (Å²) in [4.78, 5) is 29.1. The first-order valence-corrected chi connectivity index (χ1v) is 13.0. The third-order valence-electron chi connectivity index (χ3n) is 6.01. The number of morpholine rings is 1. The van der Waals surface area contributed by atoms with Gasteiger partial charge < -0.3 is 10.1 Å². The van der Waals surface area contributed by atoms with Crippen LogP contribution in [-0.2, 0) is 14.6 Å². The molecule has 0 aliphatic carbocycles. The summed E-state index contributed by atoms with van der Waals surface area (Å²) in [5.74, 6) is -0.735. The lowest BCUT2D eigenvalue weighted by Gasteiger charge is -2.34. The van der Waals surface area contributed by atoms with Gasteiger partial charge in [-0.05, 0) is 41.8 Å². The highest BCUT2D eigenvalue weighted by Crippen LogP contribution is 2.35. The Bertz CT molecular complexity index is 1310. The second kappa shape index (κ2) is 8.83. The van der Waals surface area contributed by atoms with Crippen molar-refractivity contribution in [3.05, 3.63) is 81.5 Å². The van der Waals surface area contributed by atoms with Crippen molar-refractivity contribution in [1.82, 2.24) is 10.2 Å². The Balaban J connectivity index is 1.40. The number of thiophene rings is 1. The average molecular weight is 483 g/mol. The Hall–Kier alpha value is -2.85. The second-order valence-electron chi connectivity index (χ2n) is 7.93. The van der Waals surface area contributed by atoms with E-state index in [-0.39, 0.29) is 44.2 Å². The summed E-state index contributed by atoms with van der Waals surface area (Å²) in [6, 6.07) is 14.4. The van der Waals surface area contributed by atoms with Gasteiger partial charge in [0.15, 0.2) is 5.78 Å². The minimum absolute atomic E-state index is 0.00710. The molecule has 0 spiro atoms. The largest absolute Gasteiger partial charge is 0.379 e. The number of hydrogen-bond donors (Lipinski definition) is 1. The molecule has 1 fully saturated rings. The SMILES string of the molecule is O=C(NCC(c1cccs1)N1CCOCC1)c1ccc2c(c1)S(=O)(=O)c1ccccc1C2=O. The summed E-state index contributed by atoms with van der Waals surface area (Å²) in [6.07, 6.45) is 0. The molecule has 1 amide bonds. The van der Waals surface area contributed by atoms with E-state index in [1.165, 1.54) is 30.3 Å². The summed E-state index contributed by atoms with van der Waals surface area (Å²) < 4.78 is 31.7. The molecular formula is C24H22N2O5S2. The molecule has 9 heteroatoms. The molecule has 7 nitrogen and oxygen atoms in total. The van der Waals surface area contributed by atoms with Crippen LogP contribution in [0.15, 0.2) is 69.8 Å². The molecule has 5 rings (SSSR count). The van der Waals surface area contributed by atoms with Crippen LogP contribution in [0.2, 0.25) is 0 Å². The van der Waals surface area contributed by atoms with Gasteiger partial charge in [-0.15, -0.1) is 11.3 Å². The fourth-order valence-electron chi connectivity index (χ4n) is 4.30. The number of ketones is 1. The third kappa shape index (κ3) is 4.02. The monoisotopic (exact) mass is 482 g/mol. The first kappa shape index (κ1) is 22.0. The summed E-state index contributed by atoms with van der Waals surface area (Å²) in [5.41, 5.74) is 0.456.